The molecule has 224 valence electrons. The number of phenols is 2. The fourth-order valence-electron chi connectivity index (χ4n) is 7.69. The van der Waals surface area contributed by atoms with Crippen LogP contribution in [0.1, 0.15) is 132 Å². The number of benzene rings is 4. The molecular formula is C41H48O2. The van der Waals surface area contributed by atoms with Gasteiger partial charge in [0.15, 0.2) is 0 Å². The van der Waals surface area contributed by atoms with Crippen LogP contribution in [0.5, 0.6) is 11.5 Å². The van der Waals surface area contributed by atoms with Crippen molar-refractivity contribution >= 4 is 0 Å². The van der Waals surface area contributed by atoms with Crippen molar-refractivity contribution < 1.29 is 10.2 Å². The highest BCUT2D eigenvalue weighted by Gasteiger charge is 2.23. The molecule has 0 aliphatic heterocycles. The van der Waals surface area contributed by atoms with Crippen LogP contribution in [0.2, 0.25) is 0 Å². The fraction of sp³-hybridized carbons (Fsp3) is 0.415. The van der Waals surface area contributed by atoms with Crippen molar-refractivity contribution in [2.24, 2.45) is 0 Å². The summed E-state index contributed by atoms with van der Waals surface area (Å²) in [6.45, 7) is 4.31. The first-order valence-corrected chi connectivity index (χ1v) is 16.7. The van der Waals surface area contributed by atoms with Crippen LogP contribution in [0, 0.1) is 13.8 Å². The van der Waals surface area contributed by atoms with Gasteiger partial charge in [-0.25, -0.2) is 0 Å². The summed E-state index contributed by atoms with van der Waals surface area (Å²) in [4.78, 5) is 0. The summed E-state index contributed by atoms with van der Waals surface area (Å²) in [5, 5.41) is 23.6. The van der Waals surface area contributed by atoms with Crippen LogP contribution in [0.4, 0.5) is 0 Å². The summed E-state index contributed by atoms with van der Waals surface area (Å²) < 4.78 is 0. The lowest BCUT2D eigenvalue weighted by molar-refractivity contribution is 0.437. The molecule has 6 rings (SSSR count). The van der Waals surface area contributed by atoms with Gasteiger partial charge in [0.1, 0.15) is 11.5 Å². The number of hydrogen-bond acceptors (Lipinski definition) is 2. The van der Waals surface area contributed by atoms with Gasteiger partial charge >= 0.3 is 0 Å². The molecule has 2 fully saturated rings. The second kappa shape index (κ2) is 13.4. The van der Waals surface area contributed by atoms with Crippen LogP contribution in [-0.2, 0) is 19.3 Å². The van der Waals surface area contributed by atoms with E-state index in [1.807, 2.05) is 0 Å². The lowest BCUT2D eigenvalue weighted by Gasteiger charge is -2.25. The minimum Gasteiger partial charge on any atom is -0.507 e. The van der Waals surface area contributed by atoms with E-state index in [2.05, 4.69) is 86.6 Å². The molecule has 0 atom stereocenters. The Balaban J connectivity index is 1.42. The fourth-order valence-corrected chi connectivity index (χ4v) is 7.69. The molecule has 2 saturated carbocycles. The lowest BCUT2D eigenvalue weighted by atomic mass is 9.80. The maximum absolute atomic E-state index is 11.8. The molecule has 0 heterocycles. The third kappa shape index (κ3) is 6.85. The van der Waals surface area contributed by atoms with Crippen LogP contribution >= 0.6 is 0 Å². The van der Waals surface area contributed by atoms with Gasteiger partial charge in [-0.05, 0) is 107 Å². The Kier molecular flexibility index (Phi) is 9.22. The molecule has 2 heteroatoms. The van der Waals surface area contributed by atoms with E-state index in [0.29, 0.717) is 29.8 Å². The van der Waals surface area contributed by atoms with Gasteiger partial charge in [0.05, 0.1) is 0 Å². The smallest absolute Gasteiger partial charge is 0.122 e. The van der Waals surface area contributed by atoms with Crippen LogP contribution in [0.25, 0.3) is 0 Å². The Morgan fingerprint density at radius 2 is 0.791 bits per heavy atom. The zero-order valence-electron chi connectivity index (χ0n) is 26.2. The van der Waals surface area contributed by atoms with Crippen molar-refractivity contribution in [1.29, 1.82) is 0 Å². The van der Waals surface area contributed by atoms with E-state index in [-0.39, 0.29) is 0 Å². The average molecular weight is 573 g/mol. The highest BCUT2D eigenvalue weighted by atomic mass is 16.3. The number of aryl methyl sites for hydroxylation is 2. The summed E-state index contributed by atoms with van der Waals surface area (Å²) in [6.07, 6.45) is 14.6. The van der Waals surface area contributed by atoms with Gasteiger partial charge in [-0.15, -0.1) is 0 Å². The van der Waals surface area contributed by atoms with Crippen LogP contribution in [0.15, 0.2) is 72.8 Å². The third-order valence-corrected chi connectivity index (χ3v) is 10.4. The molecule has 2 aliphatic rings. The Morgan fingerprint density at radius 3 is 1.14 bits per heavy atom. The normalized spacial score (nSPS) is 16.4. The van der Waals surface area contributed by atoms with Crippen molar-refractivity contribution in [2.45, 2.75) is 109 Å². The molecule has 0 unspecified atom stereocenters. The zero-order valence-corrected chi connectivity index (χ0v) is 26.2. The van der Waals surface area contributed by atoms with E-state index in [4.69, 9.17) is 0 Å². The second-order valence-corrected chi connectivity index (χ2v) is 13.4. The molecule has 0 spiro atoms. The molecule has 2 N–H and O–H groups in total. The van der Waals surface area contributed by atoms with Crippen LogP contribution in [0.3, 0.4) is 0 Å². The van der Waals surface area contributed by atoms with Gasteiger partial charge in [0, 0.05) is 19.3 Å². The van der Waals surface area contributed by atoms with E-state index in [0.717, 1.165) is 35.1 Å². The summed E-state index contributed by atoms with van der Waals surface area (Å²) >= 11 is 0. The largest absolute Gasteiger partial charge is 0.507 e. The first kappa shape index (κ1) is 29.5. The van der Waals surface area contributed by atoms with Gasteiger partial charge in [0.2, 0.25) is 0 Å². The third-order valence-electron chi connectivity index (χ3n) is 10.4. The zero-order chi connectivity index (χ0) is 29.8. The molecule has 2 aliphatic carbocycles. The molecule has 0 radical (unpaired) electrons. The molecular weight excluding hydrogens is 524 g/mol. The summed E-state index contributed by atoms with van der Waals surface area (Å²) in [6, 6.07) is 26.1. The topological polar surface area (TPSA) is 40.5 Å². The van der Waals surface area contributed by atoms with Gasteiger partial charge in [-0.2, -0.15) is 0 Å². The lowest BCUT2D eigenvalue weighted by Crippen LogP contribution is -2.08. The maximum atomic E-state index is 11.8. The summed E-state index contributed by atoms with van der Waals surface area (Å²) in [7, 11) is 0. The summed E-state index contributed by atoms with van der Waals surface area (Å²) in [5.41, 5.74) is 11.7. The molecule has 0 bridgehead atoms. The Bertz CT molecular complexity index is 1440. The maximum Gasteiger partial charge on any atom is 0.122 e. The van der Waals surface area contributed by atoms with Gasteiger partial charge in [-0.3, -0.25) is 0 Å². The second-order valence-electron chi connectivity index (χ2n) is 13.4. The first-order chi connectivity index (χ1) is 21.0. The molecule has 4 aromatic rings. The van der Waals surface area contributed by atoms with Gasteiger partial charge < -0.3 is 10.2 Å². The van der Waals surface area contributed by atoms with Crippen LogP contribution in [-0.4, -0.2) is 10.2 Å². The van der Waals surface area contributed by atoms with Crippen LogP contribution < -0.4 is 0 Å². The molecule has 0 saturated heterocycles. The molecule has 0 amide bonds. The molecule has 4 aromatic carbocycles. The quantitative estimate of drug-likeness (QED) is 0.220. The van der Waals surface area contributed by atoms with Crippen molar-refractivity contribution in [2.75, 3.05) is 0 Å². The molecule has 2 nitrogen and oxygen atoms in total. The highest BCUT2D eigenvalue weighted by Crippen LogP contribution is 2.41. The van der Waals surface area contributed by atoms with E-state index in [1.54, 1.807) is 0 Å². The van der Waals surface area contributed by atoms with E-state index < -0.39 is 0 Å². The Morgan fingerprint density at radius 1 is 0.465 bits per heavy atom. The minimum absolute atomic E-state index is 0.394. The number of rotatable bonds is 8. The van der Waals surface area contributed by atoms with E-state index in [9.17, 15) is 10.2 Å². The van der Waals surface area contributed by atoms with Gasteiger partial charge in [0.25, 0.3) is 0 Å². The average Bonchev–Trinajstić information content (AvgIpc) is 3.03. The first-order valence-electron chi connectivity index (χ1n) is 16.7. The molecule has 43 heavy (non-hydrogen) atoms. The van der Waals surface area contributed by atoms with Crippen molar-refractivity contribution in [3.8, 4) is 11.5 Å². The van der Waals surface area contributed by atoms with E-state index in [1.165, 1.54) is 97.6 Å². The monoisotopic (exact) mass is 572 g/mol. The van der Waals surface area contributed by atoms with Crippen molar-refractivity contribution in [1.82, 2.24) is 0 Å². The predicted octanol–water partition coefficient (Wildman–Crippen LogP) is 10.6. The summed E-state index contributed by atoms with van der Waals surface area (Å²) in [5.74, 6) is 1.88. The SMILES string of the molecule is Cc1ccccc1Cc1cc(C2CCCCC2)cc(Cc2cc(C3CCCCC3)cc(Cc3ccccc3C)c2O)c1O. The van der Waals surface area contributed by atoms with Gasteiger partial charge in [-0.1, -0.05) is 111 Å². The van der Waals surface area contributed by atoms with Crippen molar-refractivity contribution in [3.63, 3.8) is 0 Å². The Hall–Kier alpha value is -3.52. The number of aromatic hydroxyl groups is 2. The number of phenolic OH excluding ortho intramolecular Hbond substituents is 2. The highest BCUT2D eigenvalue weighted by molar-refractivity contribution is 5.54. The Labute approximate surface area is 258 Å². The standard InChI is InChI=1S/C41H48O2/c1-28-13-9-11-19-32(28)21-36-23-34(30-15-5-3-6-16-30)25-38(40(36)42)27-39-26-35(31-17-7-4-8-18-31)24-37(41(39)43)22-33-20-12-10-14-29(33)2/h9-14,19-20,23-26,30-31,42-43H,3-8,15-18,21-22,27H2,1-2H3. The number of hydrogen-bond donors (Lipinski definition) is 2. The molecule has 0 aromatic heterocycles. The van der Waals surface area contributed by atoms with Crippen molar-refractivity contribution in [3.05, 3.63) is 128 Å². The minimum atomic E-state index is 0.394. The predicted molar refractivity (Wildman–Crippen MR) is 179 cm³/mol. The van der Waals surface area contributed by atoms with E-state index >= 15 is 0 Å².